The first-order chi connectivity index (χ1) is 8.18. The fourth-order valence-corrected chi connectivity index (χ4v) is 2.07. The van der Waals surface area contributed by atoms with Gasteiger partial charge in [0.15, 0.2) is 0 Å². The van der Waals surface area contributed by atoms with Crippen molar-refractivity contribution in [1.82, 2.24) is 5.32 Å². The van der Waals surface area contributed by atoms with Gasteiger partial charge in [0.2, 0.25) is 0 Å². The molecule has 0 saturated carbocycles. The van der Waals surface area contributed by atoms with Crippen molar-refractivity contribution in [2.75, 3.05) is 19.8 Å². The normalized spacial score (nSPS) is 20.9. The molecular weight excluding hydrogens is 244 g/mol. The van der Waals surface area contributed by atoms with Crippen LogP contribution in [-0.2, 0) is 4.74 Å². The highest BCUT2D eigenvalue weighted by molar-refractivity contribution is 6.31. The van der Waals surface area contributed by atoms with E-state index in [0.29, 0.717) is 18.2 Å². The molecule has 1 atom stereocenters. The minimum absolute atomic E-state index is 0.0513. The molecule has 6 heteroatoms. The minimum Gasteiger partial charge on any atom is -0.379 e. The first kappa shape index (κ1) is 12.3. The summed E-state index contributed by atoms with van der Waals surface area (Å²) in [7, 11) is 0. The first-order valence-corrected chi connectivity index (χ1v) is 5.81. The number of hydrogen-bond acceptors (Lipinski definition) is 4. The molecule has 0 radical (unpaired) electrons. The van der Waals surface area contributed by atoms with E-state index in [1.165, 1.54) is 12.1 Å². The Morgan fingerprint density at radius 2 is 2.35 bits per heavy atom. The third-order valence-corrected chi connectivity index (χ3v) is 3.05. The second-order valence-electron chi connectivity index (χ2n) is 3.90. The lowest BCUT2D eigenvalue weighted by Gasteiger charge is -2.16. The van der Waals surface area contributed by atoms with Crippen LogP contribution in [0.1, 0.15) is 18.0 Å². The van der Waals surface area contributed by atoms with Crippen molar-refractivity contribution < 1.29 is 9.66 Å². The summed E-state index contributed by atoms with van der Waals surface area (Å²) in [6, 6.07) is 4.39. The summed E-state index contributed by atoms with van der Waals surface area (Å²) in [4.78, 5) is 10.3. The van der Waals surface area contributed by atoms with Crippen molar-refractivity contribution in [1.29, 1.82) is 0 Å². The van der Waals surface area contributed by atoms with Crippen LogP contribution in [0.15, 0.2) is 18.2 Å². The van der Waals surface area contributed by atoms with Crippen molar-refractivity contribution in [3.8, 4) is 0 Å². The summed E-state index contributed by atoms with van der Waals surface area (Å²) in [6.07, 6.45) is 0.934. The van der Waals surface area contributed by atoms with Crippen LogP contribution in [0.4, 0.5) is 5.69 Å². The molecule has 1 aliphatic heterocycles. The summed E-state index contributed by atoms with van der Waals surface area (Å²) in [5.41, 5.74) is 0.776. The zero-order valence-electron chi connectivity index (χ0n) is 9.19. The van der Waals surface area contributed by atoms with Gasteiger partial charge in [-0.05, 0) is 24.6 Å². The molecule has 0 aliphatic carbocycles. The maximum Gasteiger partial charge on any atom is 0.269 e. The number of halogens is 1. The molecule has 1 aromatic carbocycles. The number of hydrogen-bond donors (Lipinski definition) is 1. The van der Waals surface area contributed by atoms with Crippen LogP contribution in [0.25, 0.3) is 0 Å². The maximum atomic E-state index is 10.7. The Hall–Kier alpha value is -1.17. The Morgan fingerprint density at radius 3 is 3.12 bits per heavy atom. The van der Waals surface area contributed by atoms with Gasteiger partial charge in [-0.3, -0.25) is 10.1 Å². The molecule has 2 rings (SSSR count). The number of nitro benzene ring substituents is 1. The standard InChI is InChI=1S/C11H13ClN2O3/c12-10-3-2-8(14(15)16)6-9(10)11-7-17-5-1-4-13-11/h2-3,6,11,13H,1,4-5,7H2/t11-/m0/s1. The van der Waals surface area contributed by atoms with Crippen LogP contribution in [0.2, 0.25) is 5.02 Å². The van der Waals surface area contributed by atoms with E-state index in [2.05, 4.69) is 5.32 Å². The largest absolute Gasteiger partial charge is 0.379 e. The van der Waals surface area contributed by atoms with Crippen LogP contribution in [0, 0.1) is 10.1 Å². The van der Waals surface area contributed by atoms with Crippen LogP contribution in [0.3, 0.4) is 0 Å². The lowest BCUT2D eigenvalue weighted by atomic mass is 10.1. The van der Waals surface area contributed by atoms with E-state index in [4.69, 9.17) is 16.3 Å². The quantitative estimate of drug-likeness (QED) is 0.651. The van der Waals surface area contributed by atoms with Crippen molar-refractivity contribution in [3.05, 3.63) is 38.9 Å². The molecular formula is C11H13ClN2O3. The molecule has 1 aliphatic rings. The molecule has 0 aromatic heterocycles. The zero-order chi connectivity index (χ0) is 12.3. The van der Waals surface area contributed by atoms with E-state index in [-0.39, 0.29) is 11.7 Å². The Morgan fingerprint density at radius 1 is 1.53 bits per heavy atom. The van der Waals surface area contributed by atoms with Crippen LogP contribution < -0.4 is 5.32 Å². The average Bonchev–Trinajstić information content (AvgIpc) is 2.58. The van der Waals surface area contributed by atoms with E-state index in [9.17, 15) is 10.1 Å². The van der Waals surface area contributed by atoms with E-state index >= 15 is 0 Å². The third kappa shape index (κ3) is 2.94. The van der Waals surface area contributed by atoms with Gasteiger partial charge in [0.25, 0.3) is 5.69 Å². The highest BCUT2D eigenvalue weighted by Crippen LogP contribution is 2.28. The average molecular weight is 257 g/mol. The number of benzene rings is 1. The molecule has 5 nitrogen and oxygen atoms in total. The fraction of sp³-hybridized carbons (Fsp3) is 0.455. The molecule has 0 spiro atoms. The molecule has 0 unspecified atom stereocenters. The molecule has 1 aromatic rings. The van der Waals surface area contributed by atoms with Gasteiger partial charge in [0.05, 0.1) is 17.6 Å². The smallest absolute Gasteiger partial charge is 0.269 e. The topological polar surface area (TPSA) is 64.4 Å². The van der Waals surface area contributed by atoms with Gasteiger partial charge in [0, 0.05) is 23.8 Å². The van der Waals surface area contributed by atoms with Gasteiger partial charge in [-0.25, -0.2) is 0 Å². The Bertz CT molecular complexity index is 417. The van der Waals surface area contributed by atoms with E-state index < -0.39 is 4.92 Å². The summed E-state index contributed by atoms with van der Waals surface area (Å²) < 4.78 is 5.43. The predicted octanol–water partition coefficient (Wildman–Crippen LogP) is 2.30. The van der Waals surface area contributed by atoms with Crippen molar-refractivity contribution in [3.63, 3.8) is 0 Å². The number of ether oxygens (including phenoxy) is 1. The predicted molar refractivity (Wildman–Crippen MR) is 64.3 cm³/mol. The summed E-state index contributed by atoms with van der Waals surface area (Å²) in [5.74, 6) is 0. The molecule has 17 heavy (non-hydrogen) atoms. The van der Waals surface area contributed by atoms with Gasteiger partial charge in [-0.1, -0.05) is 11.6 Å². The lowest BCUT2D eigenvalue weighted by Crippen LogP contribution is -2.23. The van der Waals surface area contributed by atoms with Crippen LogP contribution >= 0.6 is 11.6 Å². The molecule has 1 fully saturated rings. The highest BCUT2D eigenvalue weighted by Gasteiger charge is 2.19. The second-order valence-corrected chi connectivity index (χ2v) is 4.31. The number of nitrogens with zero attached hydrogens (tertiary/aromatic N) is 1. The van der Waals surface area contributed by atoms with Crippen molar-refractivity contribution >= 4 is 17.3 Å². The maximum absolute atomic E-state index is 10.7. The van der Waals surface area contributed by atoms with Gasteiger partial charge < -0.3 is 10.1 Å². The molecule has 0 amide bonds. The van der Waals surface area contributed by atoms with Crippen molar-refractivity contribution in [2.45, 2.75) is 12.5 Å². The summed E-state index contributed by atoms with van der Waals surface area (Å²) in [5, 5.41) is 14.5. The minimum atomic E-state index is -0.419. The molecule has 92 valence electrons. The van der Waals surface area contributed by atoms with E-state index in [1.807, 2.05) is 0 Å². The molecule has 1 N–H and O–H groups in total. The van der Waals surface area contributed by atoms with Gasteiger partial charge in [-0.2, -0.15) is 0 Å². The zero-order valence-corrected chi connectivity index (χ0v) is 9.94. The Kier molecular flexibility index (Phi) is 3.93. The summed E-state index contributed by atoms with van der Waals surface area (Å²) >= 11 is 6.07. The molecule has 1 saturated heterocycles. The second kappa shape index (κ2) is 5.44. The Balaban J connectivity index is 2.28. The monoisotopic (exact) mass is 256 g/mol. The third-order valence-electron chi connectivity index (χ3n) is 2.71. The SMILES string of the molecule is O=[N+]([O-])c1ccc(Cl)c([C@@H]2COCCCN2)c1. The fourth-order valence-electron chi connectivity index (χ4n) is 1.82. The van der Waals surface area contributed by atoms with Crippen molar-refractivity contribution in [2.24, 2.45) is 0 Å². The van der Waals surface area contributed by atoms with Gasteiger partial charge in [0.1, 0.15) is 0 Å². The summed E-state index contributed by atoms with van der Waals surface area (Å²) in [6.45, 7) is 2.01. The van der Waals surface area contributed by atoms with E-state index in [1.54, 1.807) is 6.07 Å². The van der Waals surface area contributed by atoms with Crippen LogP contribution in [-0.4, -0.2) is 24.7 Å². The van der Waals surface area contributed by atoms with E-state index in [0.717, 1.165) is 18.5 Å². The number of nitrogens with one attached hydrogen (secondary N) is 1. The van der Waals surface area contributed by atoms with Gasteiger partial charge in [-0.15, -0.1) is 0 Å². The highest BCUT2D eigenvalue weighted by atomic mass is 35.5. The molecule has 0 bridgehead atoms. The number of non-ortho nitro benzene ring substituents is 1. The van der Waals surface area contributed by atoms with Crippen LogP contribution in [0.5, 0.6) is 0 Å². The Labute approximate surface area is 104 Å². The first-order valence-electron chi connectivity index (χ1n) is 5.43. The lowest BCUT2D eigenvalue weighted by molar-refractivity contribution is -0.384. The van der Waals surface area contributed by atoms with Gasteiger partial charge >= 0.3 is 0 Å². The number of rotatable bonds is 2. The number of nitro groups is 1. The molecule has 1 heterocycles.